The number of hydrogen-bond donors (Lipinski definition) is 1. The van der Waals surface area contributed by atoms with E-state index in [9.17, 15) is 4.79 Å². The Hall–Kier alpha value is -0.370. The molecule has 1 N–H and O–H groups in total. The Morgan fingerprint density at radius 1 is 1.36 bits per heavy atom. The zero-order valence-corrected chi connectivity index (χ0v) is 10.3. The first kappa shape index (κ1) is 13.6. The molecule has 2 nitrogen and oxygen atoms in total. The molecule has 0 amide bonds. The SMILES string of the molecule is CCCC(C)CC(C)NC(C)(C)C=O. The average Bonchev–Trinajstić information content (AvgIpc) is 2.03. The molecule has 2 atom stereocenters. The molecule has 2 heteroatoms. The van der Waals surface area contributed by atoms with E-state index in [1.54, 1.807) is 0 Å². The molecule has 0 aliphatic rings. The highest BCUT2D eigenvalue weighted by atomic mass is 16.1. The third-order valence-electron chi connectivity index (χ3n) is 2.45. The predicted molar refractivity (Wildman–Crippen MR) is 61.4 cm³/mol. The molecule has 0 aliphatic heterocycles. The second-order valence-corrected chi connectivity index (χ2v) is 5.01. The molecule has 0 spiro atoms. The molecule has 0 aliphatic carbocycles. The summed E-state index contributed by atoms with van der Waals surface area (Å²) >= 11 is 0. The molecular formula is C12H25NO. The zero-order chi connectivity index (χ0) is 11.2. The lowest BCUT2D eigenvalue weighted by Crippen LogP contribution is -2.46. The van der Waals surface area contributed by atoms with E-state index in [1.807, 2.05) is 13.8 Å². The van der Waals surface area contributed by atoms with Gasteiger partial charge in [-0.15, -0.1) is 0 Å². The Bertz CT molecular complexity index is 166. The van der Waals surface area contributed by atoms with Gasteiger partial charge in [0.15, 0.2) is 0 Å². The summed E-state index contributed by atoms with van der Waals surface area (Å²) in [4.78, 5) is 10.7. The minimum atomic E-state index is -0.384. The third-order valence-corrected chi connectivity index (χ3v) is 2.45. The first-order valence-corrected chi connectivity index (χ1v) is 5.65. The van der Waals surface area contributed by atoms with E-state index in [4.69, 9.17) is 0 Å². The van der Waals surface area contributed by atoms with Crippen molar-refractivity contribution in [1.82, 2.24) is 5.32 Å². The van der Waals surface area contributed by atoms with Crippen LogP contribution in [-0.2, 0) is 4.79 Å². The number of nitrogens with one attached hydrogen (secondary N) is 1. The molecule has 0 bridgehead atoms. The molecule has 0 aromatic heterocycles. The van der Waals surface area contributed by atoms with Crippen LogP contribution in [-0.4, -0.2) is 17.9 Å². The van der Waals surface area contributed by atoms with Crippen molar-refractivity contribution in [3.8, 4) is 0 Å². The standard InChI is InChI=1S/C12H25NO/c1-6-7-10(2)8-11(3)13-12(4,5)9-14/h9-11,13H,6-8H2,1-5H3. The summed E-state index contributed by atoms with van der Waals surface area (Å²) < 4.78 is 0. The van der Waals surface area contributed by atoms with Gasteiger partial charge in [0.05, 0.1) is 5.54 Å². The van der Waals surface area contributed by atoms with E-state index < -0.39 is 0 Å². The molecule has 2 unspecified atom stereocenters. The van der Waals surface area contributed by atoms with Crippen molar-refractivity contribution in [2.75, 3.05) is 0 Å². The molecule has 0 rings (SSSR count). The molecule has 0 aromatic rings. The Kier molecular flexibility index (Phi) is 6.01. The van der Waals surface area contributed by atoms with Crippen LogP contribution in [0, 0.1) is 5.92 Å². The molecular weight excluding hydrogens is 174 g/mol. The van der Waals surface area contributed by atoms with Crippen LogP contribution in [0.25, 0.3) is 0 Å². The summed E-state index contributed by atoms with van der Waals surface area (Å²) in [5.41, 5.74) is -0.384. The lowest BCUT2D eigenvalue weighted by atomic mass is 9.96. The molecule has 0 heterocycles. The van der Waals surface area contributed by atoms with Crippen molar-refractivity contribution >= 4 is 6.29 Å². The number of rotatable bonds is 7. The minimum Gasteiger partial charge on any atom is -0.303 e. The van der Waals surface area contributed by atoms with Crippen molar-refractivity contribution in [2.45, 2.75) is 65.5 Å². The van der Waals surface area contributed by atoms with Gasteiger partial charge in [-0.05, 0) is 33.1 Å². The highest BCUT2D eigenvalue weighted by Gasteiger charge is 2.19. The summed E-state index contributed by atoms with van der Waals surface area (Å²) in [5.74, 6) is 0.741. The van der Waals surface area contributed by atoms with Gasteiger partial charge in [0.25, 0.3) is 0 Å². The molecule has 0 saturated heterocycles. The van der Waals surface area contributed by atoms with Gasteiger partial charge >= 0.3 is 0 Å². The Morgan fingerprint density at radius 2 is 1.93 bits per heavy atom. The minimum absolute atomic E-state index is 0.384. The van der Waals surface area contributed by atoms with Crippen molar-refractivity contribution in [3.63, 3.8) is 0 Å². The fourth-order valence-corrected chi connectivity index (χ4v) is 1.94. The predicted octanol–water partition coefficient (Wildman–Crippen LogP) is 2.77. The van der Waals surface area contributed by atoms with Gasteiger partial charge in [-0.1, -0.05) is 26.7 Å². The van der Waals surface area contributed by atoms with Crippen LogP contribution in [0.4, 0.5) is 0 Å². The second kappa shape index (κ2) is 6.18. The van der Waals surface area contributed by atoms with E-state index in [0.29, 0.717) is 6.04 Å². The average molecular weight is 199 g/mol. The molecule has 14 heavy (non-hydrogen) atoms. The van der Waals surface area contributed by atoms with Crippen LogP contribution in [0.5, 0.6) is 0 Å². The van der Waals surface area contributed by atoms with Crippen LogP contribution >= 0.6 is 0 Å². The van der Waals surface area contributed by atoms with Gasteiger partial charge < -0.3 is 10.1 Å². The van der Waals surface area contributed by atoms with Gasteiger partial charge in [-0.3, -0.25) is 0 Å². The maximum Gasteiger partial charge on any atom is 0.139 e. The van der Waals surface area contributed by atoms with Gasteiger partial charge in [-0.25, -0.2) is 0 Å². The topological polar surface area (TPSA) is 29.1 Å². The van der Waals surface area contributed by atoms with Crippen LogP contribution < -0.4 is 5.32 Å². The number of carbonyl (C=O) groups is 1. The Balaban J connectivity index is 3.85. The van der Waals surface area contributed by atoms with Crippen molar-refractivity contribution in [2.24, 2.45) is 5.92 Å². The van der Waals surface area contributed by atoms with Gasteiger partial charge in [0.2, 0.25) is 0 Å². The quantitative estimate of drug-likeness (QED) is 0.639. The monoisotopic (exact) mass is 199 g/mol. The van der Waals surface area contributed by atoms with E-state index in [1.165, 1.54) is 12.8 Å². The second-order valence-electron chi connectivity index (χ2n) is 5.01. The van der Waals surface area contributed by atoms with Gasteiger partial charge in [0.1, 0.15) is 6.29 Å². The van der Waals surface area contributed by atoms with Crippen molar-refractivity contribution in [3.05, 3.63) is 0 Å². The van der Waals surface area contributed by atoms with E-state index in [2.05, 4.69) is 26.1 Å². The molecule has 0 radical (unpaired) electrons. The summed E-state index contributed by atoms with van der Waals surface area (Å²) in [6.45, 7) is 10.5. The van der Waals surface area contributed by atoms with Crippen LogP contribution in [0.15, 0.2) is 0 Å². The van der Waals surface area contributed by atoms with E-state index in [0.717, 1.165) is 18.6 Å². The Labute approximate surface area is 88.5 Å². The summed E-state index contributed by atoms with van der Waals surface area (Å²) in [7, 11) is 0. The highest BCUT2D eigenvalue weighted by molar-refractivity contribution is 5.62. The van der Waals surface area contributed by atoms with Crippen LogP contribution in [0.3, 0.4) is 0 Å². The number of aldehydes is 1. The molecule has 84 valence electrons. The number of carbonyl (C=O) groups excluding carboxylic acids is 1. The first-order valence-electron chi connectivity index (χ1n) is 5.65. The van der Waals surface area contributed by atoms with Crippen molar-refractivity contribution in [1.29, 1.82) is 0 Å². The van der Waals surface area contributed by atoms with Gasteiger partial charge in [0, 0.05) is 6.04 Å². The smallest absolute Gasteiger partial charge is 0.139 e. The van der Waals surface area contributed by atoms with Crippen molar-refractivity contribution < 1.29 is 4.79 Å². The largest absolute Gasteiger partial charge is 0.303 e. The normalized spacial score (nSPS) is 16.4. The molecule has 0 saturated carbocycles. The molecule has 0 fully saturated rings. The van der Waals surface area contributed by atoms with Crippen LogP contribution in [0.1, 0.15) is 53.9 Å². The first-order chi connectivity index (χ1) is 6.41. The van der Waals surface area contributed by atoms with Crippen LogP contribution in [0.2, 0.25) is 0 Å². The third kappa shape index (κ3) is 6.14. The fraction of sp³-hybridized carbons (Fsp3) is 0.917. The lowest BCUT2D eigenvalue weighted by Gasteiger charge is -2.26. The fourth-order valence-electron chi connectivity index (χ4n) is 1.94. The number of hydrogen-bond acceptors (Lipinski definition) is 2. The summed E-state index contributed by atoms with van der Waals surface area (Å²) in [6, 6.07) is 0.414. The Morgan fingerprint density at radius 3 is 2.36 bits per heavy atom. The zero-order valence-electron chi connectivity index (χ0n) is 10.3. The summed E-state index contributed by atoms with van der Waals surface area (Å²) in [5, 5.41) is 3.33. The maximum atomic E-state index is 10.7. The lowest BCUT2D eigenvalue weighted by molar-refractivity contribution is -0.112. The molecule has 0 aromatic carbocycles. The van der Waals surface area contributed by atoms with Gasteiger partial charge in [-0.2, -0.15) is 0 Å². The maximum absolute atomic E-state index is 10.7. The summed E-state index contributed by atoms with van der Waals surface area (Å²) in [6.07, 6.45) is 4.64. The van der Waals surface area contributed by atoms with E-state index >= 15 is 0 Å². The highest BCUT2D eigenvalue weighted by Crippen LogP contribution is 2.13. The van der Waals surface area contributed by atoms with E-state index in [-0.39, 0.29) is 5.54 Å².